The van der Waals surface area contributed by atoms with Crippen molar-refractivity contribution in [2.75, 3.05) is 0 Å². The summed E-state index contributed by atoms with van der Waals surface area (Å²) in [6.45, 7) is 1.90. The van der Waals surface area contributed by atoms with Gasteiger partial charge in [0, 0.05) is 12.8 Å². The summed E-state index contributed by atoms with van der Waals surface area (Å²) in [5.74, 6) is -3.22. The Balaban J connectivity index is 4.82. The van der Waals surface area contributed by atoms with Crippen molar-refractivity contribution < 1.29 is 29.7 Å². The van der Waals surface area contributed by atoms with Crippen molar-refractivity contribution in [3.05, 3.63) is 0 Å². The van der Waals surface area contributed by atoms with Crippen molar-refractivity contribution in [3.8, 4) is 0 Å². The Labute approximate surface area is 106 Å². The topological polar surface area (TPSA) is 112 Å². The van der Waals surface area contributed by atoms with Crippen LogP contribution >= 0.6 is 0 Å². The Hall–Kier alpha value is -1.59. The SMILES string of the molecule is CCCCC(CCC(=O)O)(CCC(=O)O)C(=O)O. The molecule has 0 aliphatic rings. The van der Waals surface area contributed by atoms with Crippen molar-refractivity contribution >= 4 is 17.9 Å². The molecule has 0 radical (unpaired) electrons. The van der Waals surface area contributed by atoms with E-state index in [-0.39, 0.29) is 25.7 Å². The van der Waals surface area contributed by atoms with Crippen LogP contribution in [0.2, 0.25) is 0 Å². The molecule has 0 unspecified atom stereocenters. The molecule has 0 fully saturated rings. The fourth-order valence-electron chi connectivity index (χ4n) is 1.90. The van der Waals surface area contributed by atoms with Gasteiger partial charge in [-0.25, -0.2) is 0 Å². The van der Waals surface area contributed by atoms with Crippen LogP contribution < -0.4 is 0 Å². The van der Waals surface area contributed by atoms with Crippen molar-refractivity contribution in [2.24, 2.45) is 5.41 Å². The molecule has 0 aliphatic carbocycles. The quantitative estimate of drug-likeness (QED) is 0.553. The van der Waals surface area contributed by atoms with E-state index in [9.17, 15) is 19.5 Å². The third kappa shape index (κ3) is 5.65. The smallest absolute Gasteiger partial charge is 0.309 e. The molecule has 0 aromatic rings. The number of hydrogen-bond acceptors (Lipinski definition) is 3. The summed E-state index contributed by atoms with van der Waals surface area (Å²) in [5, 5.41) is 26.6. The summed E-state index contributed by atoms with van der Waals surface area (Å²) < 4.78 is 0. The Morgan fingerprint density at radius 3 is 1.61 bits per heavy atom. The molecule has 18 heavy (non-hydrogen) atoms. The number of carbonyl (C=O) groups is 3. The Kier molecular flexibility index (Phi) is 7.00. The van der Waals surface area contributed by atoms with Crippen molar-refractivity contribution in [2.45, 2.75) is 51.9 Å². The molecular formula is C12H20O6. The largest absolute Gasteiger partial charge is 0.481 e. The Bertz CT molecular complexity index is 292. The highest BCUT2D eigenvalue weighted by Crippen LogP contribution is 2.36. The highest BCUT2D eigenvalue weighted by Gasteiger charge is 2.38. The maximum atomic E-state index is 11.4. The molecule has 104 valence electrons. The zero-order valence-electron chi connectivity index (χ0n) is 10.5. The van der Waals surface area contributed by atoms with E-state index < -0.39 is 23.3 Å². The number of carboxylic acid groups (broad SMARTS) is 3. The average Bonchev–Trinajstić information content (AvgIpc) is 2.27. The van der Waals surface area contributed by atoms with Gasteiger partial charge in [0.05, 0.1) is 5.41 Å². The molecule has 0 atom stereocenters. The first-order valence-electron chi connectivity index (χ1n) is 6.01. The van der Waals surface area contributed by atoms with Crippen molar-refractivity contribution in [1.29, 1.82) is 0 Å². The van der Waals surface area contributed by atoms with Crippen LogP contribution in [0.1, 0.15) is 51.9 Å². The summed E-state index contributed by atoms with van der Waals surface area (Å²) in [4.78, 5) is 32.5. The van der Waals surface area contributed by atoms with Gasteiger partial charge in [0.2, 0.25) is 0 Å². The van der Waals surface area contributed by atoms with E-state index in [1.165, 1.54) is 0 Å². The number of unbranched alkanes of at least 4 members (excludes halogenated alkanes) is 1. The van der Waals surface area contributed by atoms with E-state index in [1.807, 2.05) is 6.92 Å². The Morgan fingerprint density at radius 2 is 1.33 bits per heavy atom. The van der Waals surface area contributed by atoms with Crippen LogP contribution in [0.25, 0.3) is 0 Å². The summed E-state index contributed by atoms with van der Waals surface area (Å²) in [6.07, 6.45) is 1.20. The molecule has 6 nitrogen and oxygen atoms in total. The lowest BCUT2D eigenvalue weighted by Crippen LogP contribution is -2.32. The van der Waals surface area contributed by atoms with Gasteiger partial charge in [0.15, 0.2) is 0 Å². The van der Waals surface area contributed by atoms with Gasteiger partial charge in [0.1, 0.15) is 0 Å². The molecule has 0 aromatic heterocycles. The minimum absolute atomic E-state index is 0.0229. The van der Waals surface area contributed by atoms with Gasteiger partial charge >= 0.3 is 17.9 Å². The predicted molar refractivity (Wildman–Crippen MR) is 63.3 cm³/mol. The first-order valence-corrected chi connectivity index (χ1v) is 6.01. The van der Waals surface area contributed by atoms with E-state index >= 15 is 0 Å². The molecule has 0 spiro atoms. The number of hydrogen-bond donors (Lipinski definition) is 3. The second kappa shape index (κ2) is 7.68. The zero-order valence-corrected chi connectivity index (χ0v) is 10.5. The fourth-order valence-corrected chi connectivity index (χ4v) is 1.90. The molecule has 0 aromatic carbocycles. The number of rotatable bonds is 10. The first kappa shape index (κ1) is 16.4. The molecule has 0 aliphatic heterocycles. The molecule has 0 saturated carbocycles. The zero-order chi connectivity index (χ0) is 14.2. The van der Waals surface area contributed by atoms with Crippen LogP contribution in [0.15, 0.2) is 0 Å². The van der Waals surface area contributed by atoms with E-state index in [2.05, 4.69) is 0 Å². The molecule has 3 N–H and O–H groups in total. The van der Waals surface area contributed by atoms with Crippen LogP contribution in [0, 0.1) is 5.41 Å². The molecule has 0 heterocycles. The second-order valence-corrected chi connectivity index (χ2v) is 4.48. The number of carboxylic acids is 3. The average molecular weight is 260 g/mol. The maximum Gasteiger partial charge on any atom is 0.309 e. The highest BCUT2D eigenvalue weighted by atomic mass is 16.4. The summed E-state index contributed by atoms with van der Waals surface area (Å²) in [5.41, 5.74) is -1.23. The van der Waals surface area contributed by atoms with Gasteiger partial charge in [-0.1, -0.05) is 19.8 Å². The van der Waals surface area contributed by atoms with E-state index in [0.29, 0.717) is 12.8 Å². The molecule has 0 saturated heterocycles. The van der Waals surface area contributed by atoms with Crippen LogP contribution in [0.4, 0.5) is 0 Å². The number of aliphatic carboxylic acids is 3. The van der Waals surface area contributed by atoms with E-state index in [4.69, 9.17) is 10.2 Å². The Morgan fingerprint density at radius 1 is 0.889 bits per heavy atom. The van der Waals surface area contributed by atoms with Crippen LogP contribution in [0.5, 0.6) is 0 Å². The third-order valence-electron chi connectivity index (χ3n) is 3.10. The monoisotopic (exact) mass is 260 g/mol. The fraction of sp³-hybridized carbons (Fsp3) is 0.750. The lowest BCUT2D eigenvalue weighted by atomic mass is 9.75. The minimum Gasteiger partial charge on any atom is -0.481 e. The van der Waals surface area contributed by atoms with Gasteiger partial charge in [-0.15, -0.1) is 0 Å². The minimum atomic E-state index is -1.23. The van der Waals surface area contributed by atoms with E-state index in [1.54, 1.807) is 0 Å². The van der Waals surface area contributed by atoms with Crippen LogP contribution in [0.3, 0.4) is 0 Å². The van der Waals surface area contributed by atoms with Crippen molar-refractivity contribution in [3.63, 3.8) is 0 Å². The standard InChI is InChI=1S/C12H20O6/c1-2-3-6-12(11(17)18,7-4-9(13)14)8-5-10(15)16/h2-8H2,1H3,(H,13,14)(H,15,16)(H,17,18). The molecular weight excluding hydrogens is 240 g/mol. The maximum absolute atomic E-state index is 11.4. The van der Waals surface area contributed by atoms with Gasteiger partial charge in [-0.3, -0.25) is 14.4 Å². The first-order chi connectivity index (χ1) is 8.34. The molecule has 0 bridgehead atoms. The molecule has 0 rings (SSSR count). The third-order valence-corrected chi connectivity index (χ3v) is 3.10. The summed E-state index contributed by atoms with van der Waals surface area (Å²) in [7, 11) is 0. The van der Waals surface area contributed by atoms with Crippen LogP contribution in [-0.2, 0) is 14.4 Å². The normalized spacial score (nSPS) is 11.2. The van der Waals surface area contributed by atoms with Gasteiger partial charge < -0.3 is 15.3 Å². The van der Waals surface area contributed by atoms with Gasteiger partial charge in [-0.2, -0.15) is 0 Å². The summed E-state index contributed by atoms with van der Waals surface area (Å²) in [6, 6.07) is 0. The second-order valence-electron chi connectivity index (χ2n) is 4.48. The van der Waals surface area contributed by atoms with Gasteiger partial charge in [0.25, 0.3) is 0 Å². The van der Waals surface area contributed by atoms with Gasteiger partial charge in [-0.05, 0) is 19.3 Å². The summed E-state index contributed by atoms with van der Waals surface area (Å²) >= 11 is 0. The molecule has 6 heteroatoms. The molecule has 0 amide bonds. The van der Waals surface area contributed by atoms with Crippen molar-refractivity contribution in [1.82, 2.24) is 0 Å². The lowest BCUT2D eigenvalue weighted by Gasteiger charge is -2.28. The predicted octanol–water partition coefficient (Wildman–Crippen LogP) is 1.98. The lowest BCUT2D eigenvalue weighted by molar-refractivity contribution is -0.152. The van der Waals surface area contributed by atoms with Crippen LogP contribution in [-0.4, -0.2) is 33.2 Å². The highest BCUT2D eigenvalue weighted by molar-refractivity contribution is 5.77. The van der Waals surface area contributed by atoms with E-state index in [0.717, 1.165) is 6.42 Å².